The van der Waals surface area contributed by atoms with Crippen LogP contribution in [0.4, 0.5) is 5.69 Å². The zero-order chi connectivity index (χ0) is 16.0. The van der Waals surface area contributed by atoms with E-state index in [4.69, 9.17) is 0 Å². The minimum atomic E-state index is -1.28. The van der Waals surface area contributed by atoms with Crippen LogP contribution in [0.1, 0.15) is 30.6 Å². The molecule has 5 heteroatoms. The number of anilines is 1. The molecule has 0 aromatic heterocycles. The van der Waals surface area contributed by atoms with E-state index in [1.54, 1.807) is 0 Å². The third-order valence-corrected chi connectivity index (χ3v) is 4.49. The van der Waals surface area contributed by atoms with Gasteiger partial charge in [-0.05, 0) is 37.0 Å². The first kappa shape index (κ1) is 14.5. The lowest BCUT2D eigenvalue weighted by Crippen LogP contribution is -2.31. The van der Waals surface area contributed by atoms with Crippen molar-refractivity contribution >= 4 is 23.5 Å². The highest BCUT2D eigenvalue weighted by atomic mass is 16.4. The number of nitrogens with zero attached hydrogens (tertiary/aromatic N) is 1. The summed E-state index contributed by atoms with van der Waals surface area (Å²) in [6.07, 6.45) is 2.66. The Morgan fingerprint density at radius 1 is 1.18 bits per heavy atom. The Balaban J connectivity index is 1.94. The number of imide groups is 1. The average Bonchev–Trinajstić information content (AvgIpc) is 2.70. The van der Waals surface area contributed by atoms with Gasteiger partial charge in [0.05, 0.1) is 23.5 Å². The number of carbonyl (C=O) groups excluding carboxylic acids is 3. The standard InChI is InChI=1S/C17H17NO4/c1-9-7-10(2)14-13(8-9)15(19)18(16(14)20)12-5-3-11(4-6-12)17(21)22/h3-7,10,13-14H,8H2,1-2H3,(H,21,22)/p-1/t10-,13-,14+/m1/s1. The van der Waals surface area contributed by atoms with Gasteiger partial charge in [-0.15, -0.1) is 0 Å². The molecule has 1 aliphatic carbocycles. The van der Waals surface area contributed by atoms with Crippen LogP contribution in [0.25, 0.3) is 0 Å². The van der Waals surface area contributed by atoms with Gasteiger partial charge < -0.3 is 9.90 Å². The van der Waals surface area contributed by atoms with E-state index < -0.39 is 5.97 Å². The van der Waals surface area contributed by atoms with E-state index in [0.29, 0.717) is 12.1 Å². The zero-order valence-electron chi connectivity index (χ0n) is 12.4. The van der Waals surface area contributed by atoms with Gasteiger partial charge in [0.2, 0.25) is 11.8 Å². The molecule has 0 saturated carbocycles. The van der Waals surface area contributed by atoms with Crippen LogP contribution >= 0.6 is 0 Å². The Labute approximate surface area is 128 Å². The lowest BCUT2D eigenvalue weighted by Gasteiger charge is -2.25. The van der Waals surface area contributed by atoms with E-state index in [1.807, 2.05) is 13.8 Å². The van der Waals surface area contributed by atoms with Crippen molar-refractivity contribution in [2.75, 3.05) is 4.90 Å². The number of aromatic carboxylic acids is 1. The number of benzene rings is 1. The maximum Gasteiger partial charge on any atom is 0.238 e. The highest BCUT2D eigenvalue weighted by molar-refractivity contribution is 6.22. The molecule has 1 aromatic carbocycles. The monoisotopic (exact) mass is 298 g/mol. The maximum atomic E-state index is 12.6. The number of fused-ring (bicyclic) bond motifs is 1. The van der Waals surface area contributed by atoms with Gasteiger partial charge in [-0.2, -0.15) is 0 Å². The maximum absolute atomic E-state index is 12.6. The Kier molecular flexibility index (Phi) is 3.35. The molecule has 22 heavy (non-hydrogen) atoms. The molecule has 0 radical (unpaired) electrons. The molecular formula is C17H16NO4-. The van der Waals surface area contributed by atoms with Gasteiger partial charge in [0.1, 0.15) is 0 Å². The summed E-state index contributed by atoms with van der Waals surface area (Å²) in [5.74, 6) is -2.29. The quantitative estimate of drug-likeness (QED) is 0.606. The van der Waals surface area contributed by atoms with E-state index >= 15 is 0 Å². The summed E-state index contributed by atoms with van der Waals surface area (Å²) in [7, 11) is 0. The Morgan fingerprint density at radius 2 is 1.82 bits per heavy atom. The van der Waals surface area contributed by atoms with Crippen LogP contribution in [-0.4, -0.2) is 17.8 Å². The molecule has 0 spiro atoms. The molecule has 114 valence electrons. The molecule has 0 N–H and O–H groups in total. The number of rotatable bonds is 2. The number of carbonyl (C=O) groups is 3. The van der Waals surface area contributed by atoms with Crippen molar-refractivity contribution in [3.8, 4) is 0 Å². The van der Waals surface area contributed by atoms with Crippen molar-refractivity contribution < 1.29 is 19.5 Å². The molecule has 1 heterocycles. The minimum Gasteiger partial charge on any atom is -0.545 e. The van der Waals surface area contributed by atoms with Gasteiger partial charge in [-0.25, -0.2) is 0 Å². The molecule has 2 amide bonds. The van der Waals surface area contributed by atoms with Gasteiger partial charge in [0.25, 0.3) is 0 Å². The van der Waals surface area contributed by atoms with E-state index in [2.05, 4.69) is 6.08 Å². The Morgan fingerprint density at radius 3 is 2.41 bits per heavy atom. The molecule has 0 bridgehead atoms. The van der Waals surface area contributed by atoms with E-state index in [-0.39, 0.29) is 35.1 Å². The van der Waals surface area contributed by atoms with E-state index in [1.165, 1.54) is 29.2 Å². The summed E-state index contributed by atoms with van der Waals surface area (Å²) in [6.45, 7) is 3.93. The molecule has 3 atom stereocenters. The fraction of sp³-hybridized carbons (Fsp3) is 0.353. The molecule has 3 rings (SSSR count). The van der Waals surface area contributed by atoms with Crippen molar-refractivity contribution in [2.24, 2.45) is 17.8 Å². The first-order valence-electron chi connectivity index (χ1n) is 7.26. The van der Waals surface area contributed by atoms with Crippen molar-refractivity contribution in [2.45, 2.75) is 20.3 Å². The summed E-state index contributed by atoms with van der Waals surface area (Å²) < 4.78 is 0. The van der Waals surface area contributed by atoms with Gasteiger partial charge in [-0.1, -0.05) is 30.7 Å². The molecule has 1 aliphatic heterocycles. The molecule has 1 aromatic rings. The van der Waals surface area contributed by atoms with Crippen LogP contribution in [0.5, 0.6) is 0 Å². The van der Waals surface area contributed by atoms with Crippen molar-refractivity contribution in [3.05, 3.63) is 41.5 Å². The van der Waals surface area contributed by atoms with Gasteiger partial charge in [0.15, 0.2) is 0 Å². The lowest BCUT2D eigenvalue weighted by atomic mass is 9.76. The number of carboxylic acid groups (broad SMARTS) is 1. The van der Waals surface area contributed by atoms with Crippen molar-refractivity contribution in [1.82, 2.24) is 0 Å². The van der Waals surface area contributed by atoms with Crippen LogP contribution in [-0.2, 0) is 9.59 Å². The SMILES string of the molecule is CC1=C[C@@H](C)[C@@H]2C(=O)N(c3ccc(C(=O)[O-])cc3)C(=O)[C@@H]2C1. The highest BCUT2D eigenvalue weighted by Crippen LogP contribution is 2.42. The summed E-state index contributed by atoms with van der Waals surface area (Å²) in [4.78, 5) is 37.2. The van der Waals surface area contributed by atoms with Crippen LogP contribution in [0.2, 0.25) is 0 Å². The van der Waals surface area contributed by atoms with Crippen molar-refractivity contribution in [3.63, 3.8) is 0 Å². The lowest BCUT2D eigenvalue weighted by molar-refractivity contribution is -0.255. The number of amides is 2. The predicted octanol–water partition coefficient (Wildman–Crippen LogP) is 1.14. The second kappa shape index (κ2) is 5.09. The third-order valence-electron chi connectivity index (χ3n) is 4.49. The molecule has 2 aliphatic rings. The summed E-state index contributed by atoms with van der Waals surface area (Å²) >= 11 is 0. The topological polar surface area (TPSA) is 77.5 Å². The molecule has 0 unspecified atom stereocenters. The fourth-order valence-corrected chi connectivity index (χ4v) is 3.52. The Bertz CT molecular complexity index is 689. The zero-order valence-corrected chi connectivity index (χ0v) is 12.4. The van der Waals surface area contributed by atoms with Gasteiger partial charge >= 0.3 is 0 Å². The van der Waals surface area contributed by atoms with Crippen LogP contribution in [0.15, 0.2) is 35.9 Å². The van der Waals surface area contributed by atoms with Crippen molar-refractivity contribution in [1.29, 1.82) is 0 Å². The summed E-state index contributed by atoms with van der Waals surface area (Å²) in [6, 6.07) is 5.65. The normalized spacial score (nSPS) is 27.6. The number of allylic oxidation sites excluding steroid dienone is 2. The number of carboxylic acids is 1. The first-order valence-corrected chi connectivity index (χ1v) is 7.26. The second-order valence-electron chi connectivity index (χ2n) is 6.05. The van der Waals surface area contributed by atoms with E-state index in [0.717, 1.165) is 5.57 Å². The van der Waals surface area contributed by atoms with Gasteiger partial charge in [-0.3, -0.25) is 14.5 Å². The van der Waals surface area contributed by atoms with Crippen LogP contribution < -0.4 is 10.0 Å². The average molecular weight is 298 g/mol. The second-order valence-corrected chi connectivity index (χ2v) is 6.05. The molecular weight excluding hydrogens is 282 g/mol. The van der Waals surface area contributed by atoms with Gasteiger partial charge in [0, 0.05) is 0 Å². The minimum absolute atomic E-state index is 0.0196. The molecule has 1 saturated heterocycles. The van der Waals surface area contributed by atoms with E-state index in [9.17, 15) is 19.5 Å². The first-order chi connectivity index (χ1) is 10.4. The number of hydrogen-bond acceptors (Lipinski definition) is 4. The predicted molar refractivity (Wildman–Crippen MR) is 77.8 cm³/mol. The Hall–Kier alpha value is -2.43. The number of hydrogen-bond donors (Lipinski definition) is 0. The largest absolute Gasteiger partial charge is 0.545 e. The molecule has 1 fully saturated rings. The summed E-state index contributed by atoms with van der Waals surface area (Å²) in [5.41, 5.74) is 1.56. The smallest absolute Gasteiger partial charge is 0.238 e. The van der Waals surface area contributed by atoms with Crippen LogP contribution in [0, 0.1) is 17.8 Å². The molecule has 5 nitrogen and oxygen atoms in total. The highest BCUT2D eigenvalue weighted by Gasteiger charge is 2.51. The fourth-order valence-electron chi connectivity index (χ4n) is 3.52. The summed E-state index contributed by atoms with van der Waals surface area (Å²) in [5, 5.41) is 10.8. The third kappa shape index (κ3) is 2.13. The van der Waals surface area contributed by atoms with Crippen LogP contribution in [0.3, 0.4) is 0 Å².